The van der Waals surface area contributed by atoms with Gasteiger partial charge in [-0.3, -0.25) is 0 Å². The highest BCUT2D eigenvalue weighted by Crippen LogP contribution is 2.46. The molecule has 2 saturated heterocycles. The van der Waals surface area contributed by atoms with Crippen LogP contribution in [0.4, 0.5) is 4.39 Å². The second-order valence-corrected chi connectivity index (χ2v) is 6.12. The van der Waals surface area contributed by atoms with Crippen LogP contribution in [0.1, 0.15) is 24.7 Å². The number of aromatic nitrogens is 2. The predicted octanol–water partition coefficient (Wildman–Crippen LogP) is 2.36. The van der Waals surface area contributed by atoms with E-state index in [2.05, 4.69) is 15.5 Å². The average Bonchev–Trinajstić information content (AvgIpc) is 3.16. The molecule has 5 nitrogen and oxygen atoms in total. The lowest BCUT2D eigenvalue weighted by Crippen LogP contribution is -2.35. The molecule has 1 spiro atoms. The van der Waals surface area contributed by atoms with Gasteiger partial charge in [-0.1, -0.05) is 5.16 Å². The van der Waals surface area contributed by atoms with Gasteiger partial charge in [0.15, 0.2) is 0 Å². The van der Waals surface area contributed by atoms with E-state index in [1.807, 2.05) is 0 Å². The molecule has 1 unspecified atom stereocenters. The standard InChI is InChI=1S/C16H18FN3O2/c17-12-3-1-11(2-4-12)14-19-15(22-20-14)13-9-18-10-16(13)5-7-21-8-6-16/h1-4,13,18H,5-10H2. The van der Waals surface area contributed by atoms with Crippen LogP contribution in [0.2, 0.25) is 0 Å². The van der Waals surface area contributed by atoms with Gasteiger partial charge in [0.1, 0.15) is 5.82 Å². The smallest absolute Gasteiger partial charge is 0.231 e. The molecule has 1 aromatic heterocycles. The molecule has 4 rings (SSSR count). The van der Waals surface area contributed by atoms with E-state index in [1.165, 1.54) is 12.1 Å². The number of nitrogens with zero attached hydrogens (tertiary/aromatic N) is 2. The number of halogens is 1. The van der Waals surface area contributed by atoms with Crippen molar-refractivity contribution in [2.45, 2.75) is 18.8 Å². The van der Waals surface area contributed by atoms with Gasteiger partial charge in [0.2, 0.25) is 11.7 Å². The van der Waals surface area contributed by atoms with Crippen molar-refractivity contribution in [2.24, 2.45) is 5.41 Å². The summed E-state index contributed by atoms with van der Waals surface area (Å²) in [4.78, 5) is 4.56. The van der Waals surface area contributed by atoms with E-state index in [9.17, 15) is 4.39 Å². The van der Waals surface area contributed by atoms with Gasteiger partial charge >= 0.3 is 0 Å². The maximum absolute atomic E-state index is 13.0. The van der Waals surface area contributed by atoms with Crippen molar-refractivity contribution in [3.05, 3.63) is 36.0 Å². The van der Waals surface area contributed by atoms with Crippen LogP contribution in [0.5, 0.6) is 0 Å². The highest BCUT2D eigenvalue weighted by molar-refractivity contribution is 5.53. The molecule has 6 heteroatoms. The summed E-state index contributed by atoms with van der Waals surface area (Å²) in [7, 11) is 0. The summed E-state index contributed by atoms with van der Waals surface area (Å²) in [5.41, 5.74) is 0.925. The van der Waals surface area contributed by atoms with E-state index in [0.717, 1.165) is 44.7 Å². The van der Waals surface area contributed by atoms with Crippen molar-refractivity contribution in [3.8, 4) is 11.4 Å². The van der Waals surface area contributed by atoms with E-state index < -0.39 is 0 Å². The Bertz CT molecular complexity index is 650. The Morgan fingerprint density at radius 1 is 1.18 bits per heavy atom. The Balaban J connectivity index is 1.62. The molecule has 1 aromatic carbocycles. The van der Waals surface area contributed by atoms with Gasteiger partial charge in [-0.2, -0.15) is 4.98 Å². The summed E-state index contributed by atoms with van der Waals surface area (Å²) >= 11 is 0. The number of hydrogen-bond acceptors (Lipinski definition) is 5. The fraction of sp³-hybridized carbons (Fsp3) is 0.500. The van der Waals surface area contributed by atoms with Crippen LogP contribution < -0.4 is 5.32 Å². The van der Waals surface area contributed by atoms with Crippen LogP contribution in [0.3, 0.4) is 0 Å². The van der Waals surface area contributed by atoms with Crippen molar-refractivity contribution in [3.63, 3.8) is 0 Å². The van der Waals surface area contributed by atoms with Gasteiger partial charge in [-0.15, -0.1) is 0 Å². The van der Waals surface area contributed by atoms with E-state index >= 15 is 0 Å². The summed E-state index contributed by atoms with van der Waals surface area (Å²) < 4.78 is 24.0. The first-order valence-electron chi connectivity index (χ1n) is 7.65. The van der Waals surface area contributed by atoms with E-state index in [-0.39, 0.29) is 17.2 Å². The van der Waals surface area contributed by atoms with Crippen molar-refractivity contribution >= 4 is 0 Å². The Hall–Kier alpha value is -1.79. The summed E-state index contributed by atoms with van der Waals surface area (Å²) in [6.45, 7) is 3.40. The van der Waals surface area contributed by atoms with Gasteiger partial charge in [-0.25, -0.2) is 4.39 Å². The normalized spacial score (nSPS) is 24.0. The molecule has 3 heterocycles. The third kappa shape index (κ3) is 2.32. The van der Waals surface area contributed by atoms with Gasteiger partial charge < -0.3 is 14.6 Å². The van der Waals surface area contributed by atoms with Crippen molar-refractivity contribution in [2.75, 3.05) is 26.3 Å². The van der Waals surface area contributed by atoms with Crippen LogP contribution in [-0.2, 0) is 4.74 Å². The first-order chi connectivity index (χ1) is 10.8. The SMILES string of the molecule is Fc1ccc(-c2noc(C3CNCC34CCOCC4)n2)cc1. The average molecular weight is 303 g/mol. The lowest BCUT2D eigenvalue weighted by Gasteiger charge is -2.36. The van der Waals surface area contributed by atoms with Crippen LogP contribution in [-0.4, -0.2) is 36.4 Å². The van der Waals surface area contributed by atoms with Gasteiger partial charge in [0, 0.05) is 31.9 Å². The minimum Gasteiger partial charge on any atom is -0.381 e. The first-order valence-corrected chi connectivity index (χ1v) is 7.65. The molecule has 2 fully saturated rings. The first kappa shape index (κ1) is 13.8. The lowest BCUT2D eigenvalue weighted by atomic mass is 9.72. The topological polar surface area (TPSA) is 60.2 Å². The molecule has 0 bridgehead atoms. The Labute approximate surface area is 127 Å². The monoisotopic (exact) mass is 303 g/mol. The van der Waals surface area contributed by atoms with Gasteiger partial charge in [0.05, 0.1) is 5.92 Å². The second-order valence-electron chi connectivity index (χ2n) is 6.12. The van der Waals surface area contributed by atoms with E-state index in [1.54, 1.807) is 12.1 Å². The molecule has 1 N–H and O–H groups in total. The molecule has 0 radical (unpaired) electrons. The number of hydrogen-bond donors (Lipinski definition) is 1. The van der Waals surface area contributed by atoms with Gasteiger partial charge in [-0.05, 0) is 42.5 Å². The second kappa shape index (κ2) is 5.44. The van der Waals surface area contributed by atoms with Crippen molar-refractivity contribution < 1.29 is 13.7 Å². The Morgan fingerprint density at radius 3 is 2.73 bits per heavy atom. The maximum atomic E-state index is 13.0. The zero-order chi connectivity index (χ0) is 15.0. The highest BCUT2D eigenvalue weighted by Gasteiger charge is 2.47. The highest BCUT2D eigenvalue weighted by atomic mass is 19.1. The number of nitrogens with one attached hydrogen (secondary N) is 1. The molecular weight excluding hydrogens is 285 g/mol. The van der Waals surface area contributed by atoms with E-state index in [4.69, 9.17) is 9.26 Å². The summed E-state index contributed by atoms with van der Waals surface area (Å²) in [6.07, 6.45) is 2.03. The molecule has 116 valence electrons. The largest absolute Gasteiger partial charge is 0.381 e. The molecule has 0 amide bonds. The van der Waals surface area contributed by atoms with Crippen LogP contribution >= 0.6 is 0 Å². The number of benzene rings is 1. The zero-order valence-electron chi connectivity index (χ0n) is 12.2. The van der Waals surface area contributed by atoms with Gasteiger partial charge in [0.25, 0.3) is 0 Å². The summed E-state index contributed by atoms with van der Waals surface area (Å²) in [5, 5.41) is 7.53. The van der Waals surface area contributed by atoms with Crippen LogP contribution in [0, 0.1) is 11.2 Å². The molecule has 2 aliphatic heterocycles. The number of ether oxygens (including phenoxy) is 1. The fourth-order valence-electron chi connectivity index (χ4n) is 3.55. The summed E-state index contributed by atoms with van der Waals surface area (Å²) in [6, 6.07) is 6.15. The molecule has 2 aromatic rings. The van der Waals surface area contributed by atoms with E-state index in [0.29, 0.717) is 11.7 Å². The minimum atomic E-state index is -0.270. The fourth-order valence-corrected chi connectivity index (χ4v) is 3.55. The quantitative estimate of drug-likeness (QED) is 0.923. The van der Waals surface area contributed by atoms with Crippen LogP contribution in [0.25, 0.3) is 11.4 Å². The molecular formula is C16H18FN3O2. The third-order valence-electron chi connectivity index (χ3n) is 4.90. The maximum Gasteiger partial charge on any atom is 0.231 e. The number of rotatable bonds is 2. The minimum absolute atomic E-state index is 0.158. The zero-order valence-corrected chi connectivity index (χ0v) is 12.2. The lowest BCUT2D eigenvalue weighted by molar-refractivity contribution is 0.0122. The Kier molecular flexibility index (Phi) is 3.43. The third-order valence-corrected chi connectivity index (χ3v) is 4.90. The van der Waals surface area contributed by atoms with Crippen LogP contribution in [0.15, 0.2) is 28.8 Å². The molecule has 0 saturated carbocycles. The van der Waals surface area contributed by atoms with Crippen molar-refractivity contribution in [1.82, 2.24) is 15.5 Å². The molecule has 22 heavy (non-hydrogen) atoms. The van der Waals surface area contributed by atoms with Crippen molar-refractivity contribution in [1.29, 1.82) is 0 Å². The predicted molar refractivity (Wildman–Crippen MR) is 77.8 cm³/mol. The summed E-state index contributed by atoms with van der Waals surface area (Å²) in [5.74, 6) is 1.14. The molecule has 0 aliphatic carbocycles. The molecule has 1 atom stereocenters. The molecule has 2 aliphatic rings. The Morgan fingerprint density at radius 2 is 1.95 bits per heavy atom.